The summed E-state index contributed by atoms with van der Waals surface area (Å²) in [6, 6.07) is 8.33. The summed E-state index contributed by atoms with van der Waals surface area (Å²) in [5.41, 5.74) is 1.22. The Labute approximate surface area is 273 Å². The maximum atomic E-state index is 14.2. The van der Waals surface area contributed by atoms with Gasteiger partial charge in [-0.2, -0.15) is 0 Å². The third-order valence-electron chi connectivity index (χ3n) is 9.80. The first-order valence-corrected chi connectivity index (χ1v) is 23.1. The molecule has 0 bridgehead atoms. The van der Waals surface area contributed by atoms with E-state index in [2.05, 4.69) is 58.9 Å². The average molecular weight is 639 g/mol. The standard InChI is InChI=1S/C39H75O2PS/c1-6-10-14-18-22-26-34-42(35-27-23-19-15-11-7-2,36-28-24-20-16-12-8-3,37-29-25-21-17-13-9-4)41-43(40)39-32-30-38(5)31-33-39/h30-33H,6-29,34-37H2,1-5H3. The topological polar surface area (TPSA) is 26.3 Å². The maximum absolute atomic E-state index is 14.2. The molecule has 4 heteroatoms. The number of rotatable bonds is 31. The van der Waals surface area contributed by atoms with Crippen molar-refractivity contribution in [3.63, 3.8) is 0 Å². The molecule has 0 aliphatic heterocycles. The molecule has 0 amide bonds. The first kappa shape index (κ1) is 40.8. The van der Waals surface area contributed by atoms with Crippen molar-refractivity contribution in [2.45, 2.75) is 194 Å². The van der Waals surface area contributed by atoms with Crippen LogP contribution in [0, 0.1) is 6.92 Å². The van der Waals surface area contributed by atoms with Crippen molar-refractivity contribution in [3.8, 4) is 0 Å². The van der Waals surface area contributed by atoms with Crippen LogP contribution in [0.15, 0.2) is 29.2 Å². The van der Waals surface area contributed by atoms with Gasteiger partial charge >= 0.3 is 274 Å². The third-order valence-corrected chi connectivity index (χ3v) is 18.5. The molecule has 0 aliphatic rings. The fourth-order valence-corrected chi connectivity index (χ4v) is 15.7. The zero-order valence-electron chi connectivity index (χ0n) is 29.8. The van der Waals surface area contributed by atoms with E-state index in [0.717, 1.165) is 4.90 Å². The number of benzene rings is 1. The van der Waals surface area contributed by atoms with Crippen molar-refractivity contribution < 1.29 is 8.18 Å². The van der Waals surface area contributed by atoms with Crippen LogP contribution in [0.3, 0.4) is 0 Å². The van der Waals surface area contributed by atoms with Crippen molar-refractivity contribution in [2.24, 2.45) is 0 Å². The molecule has 254 valence electrons. The van der Waals surface area contributed by atoms with Crippen LogP contribution in [0.1, 0.15) is 187 Å². The van der Waals surface area contributed by atoms with E-state index in [1.165, 1.54) is 184 Å². The fraction of sp³-hybridized carbons (Fsp3) is 0.846. The molecule has 2 nitrogen and oxygen atoms in total. The van der Waals surface area contributed by atoms with Gasteiger partial charge < -0.3 is 0 Å². The summed E-state index contributed by atoms with van der Waals surface area (Å²) in [6.45, 7) is 8.65. The Morgan fingerprint density at radius 2 is 0.744 bits per heavy atom. The molecule has 0 spiro atoms. The van der Waals surface area contributed by atoms with Crippen LogP contribution in [0.25, 0.3) is 0 Å². The molecule has 0 aliphatic carbocycles. The summed E-state index contributed by atoms with van der Waals surface area (Å²) in [5.74, 6) is 0. The van der Waals surface area contributed by atoms with Gasteiger partial charge in [0.25, 0.3) is 0 Å². The summed E-state index contributed by atoms with van der Waals surface area (Å²) in [6.07, 6.45) is 36.5. The van der Waals surface area contributed by atoms with Gasteiger partial charge in [0.1, 0.15) is 0 Å². The van der Waals surface area contributed by atoms with Gasteiger partial charge in [-0.25, -0.2) is 0 Å². The van der Waals surface area contributed by atoms with Gasteiger partial charge in [0, 0.05) is 0 Å². The van der Waals surface area contributed by atoms with Gasteiger partial charge in [-0.3, -0.25) is 0 Å². The Hall–Kier alpha value is -0.240. The first-order valence-electron chi connectivity index (χ1n) is 19.1. The molecule has 1 unspecified atom stereocenters. The van der Waals surface area contributed by atoms with Crippen molar-refractivity contribution in [3.05, 3.63) is 29.8 Å². The minimum absolute atomic E-state index is 0.872. The molecule has 43 heavy (non-hydrogen) atoms. The number of unbranched alkanes of at least 4 members (excludes halogenated alkanes) is 20. The summed E-state index contributed by atoms with van der Waals surface area (Å²) >= 11 is -1.38. The Balaban J connectivity index is 3.32. The quantitative estimate of drug-likeness (QED) is 0.0597. The van der Waals surface area contributed by atoms with Crippen LogP contribution < -0.4 is 0 Å². The monoisotopic (exact) mass is 639 g/mol. The van der Waals surface area contributed by atoms with E-state index in [-0.39, 0.29) is 0 Å². The van der Waals surface area contributed by atoms with Gasteiger partial charge in [-0.15, -0.1) is 0 Å². The van der Waals surface area contributed by atoms with Crippen LogP contribution in [-0.4, -0.2) is 28.9 Å². The van der Waals surface area contributed by atoms with Crippen molar-refractivity contribution in [1.82, 2.24) is 0 Å². The Bertz CT molecular complexity index is 717. The molecule has 1 aromatic rings. The Morgan fingerprint density at radius 3 is 1.05 bits per heavy atom. The summed E-state index contributed by atoms with van der Waals surface area (Å²) < 4.78 is 21.6. The van der Waals surface area contributed by atoms with E-state index in [9.17, 15) is 4.21 Å². The zero-order valence-corrected chi connectivity index (χ0v) is 31.5. The van der Waals surface area contributed by atoms with Crippen LogP contribution >= 0.6 is 6.83 Å². The van der Waals surface area contributed by atoms with Gasteiger partial charge in [0.2, 0.25) is 0 Å². The van der Waals surface area contributed by atoms with E-state index in [4.69, 9.17) is 3.97 Å². The Morgan fingerprint density at radius 1 is 0.465 bits per heavy atom. The third kappa shape index (κ3) is 18.5. The average Bonchev–Trinajstić information content (AvgIpc) is 3.01. The molecular weight excluding hydrogens is 563 g/mol. The predicted molar refractivity (Wildman–Crippen MR) is 199 cm³/mol. The molecule has 1 rings (SSSR count). The van der Waals surface area contributed by atoms with E-state index < -0.39 is 17.9 Å². The number of hydrogen-bond donors (Lipinski definition) is 0. The molecule has 0 saturated heterocycles. The first-order chi connectivity index (χ1) is 20.9. The van der Waals surface area contributed by atoms with Gasteiger partial charge in [-0.1, -0.05) is 0 Å². The van der Waals surface area contributed by atoms with E-state index >= 15 is 0 Å². The van der Waals surface area contributed by atoms with E-state index in [1.54, 1.807) is 0 Å². The van der Waals surface area contributed by atoms with E-state index in [0.29, 0.717) is 0 Å². The van der Waals surface area contributed by atoms with Crippen LogP contribution in [-0.2, 0) is 15.1 Å². The van der Waals surface area contributed by atoms with Crippen molar-refractivity contribution >= 4 is 17.9 Å². The summed E-state index contributed by atoms with van der Waals surface area (Å²) in [7, 11) is 0. The van der Waals surface area contributed by atoms with Crippen LogP contribution in [0.5, 0.6) is 0 Å². The second-order valence-corrected chi connectivity index (χ2v) is 21.0. The normalized spacial score (nSPS) is 13.7. The summed E-state index contributed by atoms with van der Waals surface area (Å²) in [5, 5.41) is 0. The zero-order chi connectivity index (χ0) is 31.5. The molecule has 1 atom stereocenters. The number of aryl methyl sites for hydroxylation is 1. The number of hydrogen-bond acceptors (Lipinski definition) is 2. The SMILES string of the molecule is CCCCCCCCP(CCCCCCCC)(CCCCCCCC)(CCCCCCCC)OS(=O)c1ccc(C)cc1. The van der Waals surface area contributed by atoms with Crippen molar-refractivity contribution in [1.29, 1.82) is 0 Å². The molecule has 0 fully saturated rings. The van der Waals surface area contributed by atoms with Gasteiger partial charge in [-0.05, 0) is 0 Å². The van der Waals surface area contributed by atoms with Crippen LogP contribution in [0.2, 0.25) is 0 Å². The summed E-state index contributed by atoms with van der Waals surface area (Å²) in [4.78, 5) is 0.872. The van der Waals surface area contributed by atoms with E-state index in [1.807, 2.05) is 0 Å². The second-order valence-electron chi connectivity index (χ2n) is 13.9. The minimum atomic E-state index is -2.69. The molecule has 0 N–H and O–H groups in total. The van der Waals surface area contributed by atoms with Gasteiger partial charge in [0.05, 0.1) is 0 Å². The Kier molecular flexibility index (Phi) is 24.6. The molecule has 0 saturated carbocycles. The molecule has 0 heterocycles. The molecular formula is C39H75O2PS. The van der Waals surface area contributed by atoms with Gasteiger partial charge in [0.15, 0.2) is 0 Å². The molecule has 1 aromatic carbocycles. The second kappa shape index (κ2) is 25.9. The molecule has 0 aromatic heterocycles. The fourth-order valence-electron chi connectivity index (χ4n) is 6.87. The predicted octanol–water partition coefficient (Wildman–Crippen LogP) is 13.9. The van der Waals surface area contributed by atoms with Crippen LogP contribution in [0.4, 0.5) is 0 Å². The van der Waals surface area contributed by atoms with Crippen molar-refractivity contribution in [2.75, 3.05) is 24.6 Å². The molecule has 0 radical (unpaired) electrons.